The zero-order chi connectivity index (χ0) is 13.1. The lowest BCUT2D eigenvalue weighted by Gasteiger charge is -2.12. The molecule has 2 aromatic carbocycles. The molecule has 1 heteroatoms. The van der Waals surface area contributed by atoms with Crippen molar-refractivity contribution in [1.29, 1.82) is 0 Å². The fourth-order valence-electron chi connectivity index (χ4n) is 2.36. The fraction of sp³-hybridized carbons (Fsp3) is 0.294. The first-order chi connectivity index (χ1) is 8.61. The van der Waals surface area contributed by atoms with Crippen molar-refractivity contribution in [3.8, 4) is 11.1 Å². The van der Waals surface area contributed by atoms with E-state index in [0.29, 0.717) is 0 Å². The van der Waals surface area contributed by atoms with Crippen LogP contribution in [0.3, 0.4) is 0 Å². The van der Waals surface area contributed by atoms with Crippen LogP contribution in [0.2, 0.25) is 0 Å². The quantitative estimate of drug-likeness (QED) is 0.853. The number of aryl methyl sites for hydroxylation is 3. The van der Waals surface area contributed by atoms with E-state index >= 15 is 0 Å². The van der Waals surface area contributed by atoms with Crippen LogP contribution in [0.1, 0.15) is 22.3 Å². The summed E-state index contributed by atoms with van der Waals surface area (Å²) in [5, 5.41) is 3.23. The van der Waals surface area contributed by atoms with E-state index in [2.05, 4.69) is 62.5 Å². The Morgan fingerprint density at radius 1 is 0.833 bits per heavy atom. The van der Waals surface area contributed by atoms with E-state index in [9.17, 15) is 0 Å². The van der Waals surface area contributed by atoms with Crippen LogP contribution in [0.5, 0.6) is 0 Å². The summed E-state index contributed by atoms with van der Waals surface area (Å²) in [6, 6.07) is 13.3. The molecule has 0 bridgehead atoms. The maximum atomic E-state index is 3.23. The van der Waals surface area contributed by atoms with Gasteiger partial charge in [-0.1, -0.05) is 42.0 Å². The second-order valence-electron chi connectivity index (χ2n) is 4.98. The Morgan fingerprint density at radius 3 is 1.89 bits per heavy atom. The monoisotopic (exact) mass is 239 g/mol. The summed E-state index contributed by atoms with van der Waals surface area (Å²) in [7, 11) is 1.99. The van der Waals surface area contributed by atoms with Crippen LogP contribution in [-0.2, 0) is 6.54 Å². The van der Waals surface area contributed by atoms with Gasteiger partial charge in [0.2, 0.25) is 0 Å². The molecule has 0 heterocycles. The Kier molecular flexibility index (Phi) is 3.83. The van der Waals surface area contributed by atoms with Gasteiger partial charge in [0.1, 0.15) is 0 Å². The molecule has 1 N–H and O–H groups in total. The van der Waals surface area contributed by atoms with E-state index in [1.165, 1.54) is 33.4 Å². The van der Waals surface area contributed by atoms with Gasteiger partial charge in [0, 0.05) is 6.54 Å². The summed E-state index contributed by atoms with van der Waals surface area (Å²) < 4.78 is 0. The number of rotatable bonds is 3. The van der Waals surface area contributed by atoms with E-state index in [1.807, 2.05) is 7.05 Å². The third-order valence-corrected chi connectivity index (χ3v) is 3.43. The normalized spacial score (nSPS) is 10.7. The Balaban J connectivity index is 2.44. The lowest BCUT2D eigenvalue weighted by atomic mass is 9.95. The van der Waals surface area contributed by atoms with Crippen molar-refractivity contribution in [1.82, 2.24) is 5.32 Å². The molecule has 0 atom stereocenters. The summed E-state index contributed by atoms with van der Waals surface area (Å²) >= 11 is 0. The van der Waals surface area contributed by atoms with Gasteiger partial charge in [-0.05, 0) is 55.6 Å². The lowest BCUT2D eigenvalue weighted by molar-refractivity contribution is 0.806. The summed E-state index contributed by atoms with van der Waals surface area (Å²) in [4.78, 5) is 0. The second-order valence-corrected chi connectivity index (χ2v) is 4.98. The highest BCUT2D eigenvalue weighted by Gasteiger charge is 2.05. The predicted molar refractivity (Wildman–Crippen MR) is 78.9 cm³/mol. The molecule has 0 fully saturated rings. The largest absolute Gasteiger partial charge is 0.316 e. The second kappa shape index (κ2) is 5.36. The lowest BCUT2D eigenvalue weighted by Crippen LogP contribution is -2.08. The molecule has 0 aliphatic heterocycles. The van der Waals surface area contributed by atoms with Crippen molar-refractivity contribution in [3.05, 3.63) is 58.7 Å². The standard InChI is InChI=1S/C17H21N/c1-12-5-7-15(8-6-12)16-9-13(2)17(11-18-4)14(3)10-16/h5-10,18H,11H2,1-4H3. The van der Waals surface area contributed by atoms with Crippen LogP contribution in [0, 0.1) is 20.8 Å². The molecule has 0 saturated heterocycles. The smallest absolute Gasteiger partial charge is 0.0207 e. The molecule has 0 amide bonds. The molecule has 0 aliphatic carbocycles. The molecular weight excluding hydrogens is 218 g/mol. The minimum atomic E-state index is 0.936. The van der Waals surface area contributed by atoms with Gasteiger partial charge in [0.25, 0.3) is 0 Å². The molecule has 0 saturated carbocycles. The van der Waals surface area contributed by atoms with E-state index in [-0.39, 0.29) is 0 Å². The Morgan fingerprint density at radius 2 is 1.39 bits per heavy atom. The van der Waals surface area contributed by atoms with Gasteiger partial charge in [-0.2, -0.15) is 0 Å². The van der Waals surface area contributed by atoms with Crippen LogP contribution in [0.25, 0.3) is 11.1 Å². The van der Waals surface area contributed by atoms with Gasteiger partial charge in [-0.3, -0.25) is 0 Å². The van der Waals surface area contributed by atoms with Gasteiger partial charge < -0.3 is 5.32 Å². The number of hydrogen-bond acceptors (Lipinski definition) is 1. The van der Waals surface area contributed by atoms with Crippen molar-refractivity contribution < 1.29 is 0 Å². The zero-order valence-corrected chi connectivity index (χ0v) is 11.7. The molecule has 1 nitrogen and oxygen atoms in total. The third-order valence-electron chi connectivity index (χ3n) is 3.43. The maximum absolute atomic E-state index is 3.23. The van der Waals surface area contributed by atoms with Gasteiger partial charge in [0.05, 0.1) is 0 Å². The fourth-order valence-corrected chi connectivity index (χ4v) is 2.36. The van der Waals surface area contributed by atoms with Gasteiger partial charge in [-0.25, -0.2) is 0 Å². The molecule has 0 aliphatic rings. The van der Waals surface area contributed by atoms with Crippen LogP contribution in [0.4, 0.5) is 0 Å². The van der Waals surface area contributed by atoms with Crippen molar-refractivity contribution >= 4 is 0 Å². The first-order valence-electron chi connectivity index (χ1n) is 6.43. The molecule has 94 valence electrons. The Labute approximate surface area is 110 Å². The maximum Gasteiger partial charge on any atom is 0.0207 e. The molecule has 0 spiro atoms. The SMILES string of the molecule is CNCc1c(C)cc(-c2ccc(C)cc2)cc1C. The highest BCUT2D eigenvalue weighted by Crippen LogP contribution is 2.25. The average molecular weight is 239 g/mol. The summed E-state index contributed by atoms with van der Waals surface area (Å²) in [5.41, 5.74) is 8.04. The molecule has 0 aromatic heterocycles. The van der Waals surface area contributed by atoms with Gasteiger partial charge in [-0.15, -0.1) is 0 Å². The van der Waals surface area contributed by atoms with Crippen molar-refractivity contribution in [2.24, 2.45) is 0 Å². The summed E-state index contributed by atoms with van der Waals surface area (Å²) in [5.74, 6) is 0. The first-order valence-corrected chi connectivity index (χ1v) is 6.43. The van der Waals surface area contributed by atoms with Crippen LogP contribution in [-0.4, -0.2) is 7.05 Å². The van der Waals surface area contributed by atoms with Gasteiger partial charge in [0.15, 0.2) is 0 Å². The molecular formula is C17H21N. The van der Waals surface area contributed by atoms with E-state index in [4.69, 9.17) is 0 Å². The molecule has 18 heavy (non-hydrogen) atoms. The average Bonchev–Trinajstić information content (AvgIpc) is 2.34. The van der Waals surface area contributed by atoms with E-state index < -0.39 is 0 Å². The Bertz CT molecular complexity index is 515. The molecule has 0 radical (unpaired) electrons. The topological polar surface area (TPSA) is 12.0 Å². The predicted octanol–water partition coefficient (Wildman–Crippen LogP) is 4.00. The molecule has 2 aromatic rings. The minimum absolute atomic E-state index is 0.936. The highest BCUT2D eigenvalue weighted by molar-refractivity contribution is 5.66. The zero-order valence-electron chi connectivity index (χ0n) is 11.7. The van der Waals surface area contributed by atoms with Crippen LogP contribution in [0.15, 0.2) is 36.4 Å². The van der Waals surface area contributed by atoms with Crippen LogP contribution >= 0.6 is 0 Å². The first kappa shape index (κ1) is 12.8. The van der Waals surface area contributed by atoms with E-state index in [0.717, 1.165) is 6.54 Å². The number of hydrogen-bond donors (Lipinski definition) is 1. The van der Waals surface area contributed by atoms with Crippen molar-refractivity contribution in [3.63, 3.8) is 0 Å². The summed E-state index contributed by atoms with van der Waals surface area (Å²) in [6.45, 7) is 7.44. The number of benzene rings is 2. The van der Waals surface area contributed by atoms with Gasteiger partial charge >= 0.3 is 0 Å². The highest BCUT2D eigenvalue weighted by atomic mass is 14.8. The Hall–Kier alpha value is -1.60. The van der Waals surface area contributed by atoms with Crippen LogP contribution < -0.4 is 5.32 Å². The number of nitrogens with one attached hydrogen (secondary N) is 1. The summed E-state index contributed by atoms with van der Waals surface area (Å²) in [6.07, 6.45) is 0. The minimum Gasteiger partial charge on any atom is -0.316 e. The van der Waals surface area contributed by atoms with E-state index in [1.54, 1.807) is 0 Å². The van der Waals surface area contributed by atoms with Crippen molar-refractivity contribution in [2.45, 2.75) is 27.3 Å². The molecule has 2 rings (SSSR count). The third kappa shape index (κ3) is 2.62. The van der Waals surface area contributed by atoms with Crippen molar-refractivity contribution in [2.75, 3.05) is 7.05 Å². The molecule has 0 unspecified atom stereocenters.